The molecule has 3 atom stereocenters. The monoisotopic (exact) mass is 577 g/mol. The van der Waals surface area contributed by atoms with Gasteiger partial charge in [0.1, 0.15) is 18.1 Å². The molecule has 6 rings (SSSR count). The van der Waals surface area contributed by atoms with Gasteiger partial charge in [0.2, 0.25) is 0 Å². The van der Waals surface area contributed by atoms with Gasteiger partial charge in [-0.25, -0.2) is 4.79 Å². The number of nitrogens with zero attached hydrogens (tertiary/aromatic N) is 2. The van der Waals surface area contributed by atoms with Crippen molar-refractivity contribution in [1.82, 2.24) is 9.55 Å². The Morgan fingerprint density at radius 3 is 1.86 bits per heavy atom. The summed E-state index contributed by atoms with van der Waals surface area (Å²) in [5, 5.41) is 19.6. The van der Waals surface area contributed by atoms with Crippen LogP contribution in [0.4, 0.5) is 5.82 Å². The van der Waals surface area contributed by atoms with Crippen LogP contribution in [-0.2, 0) is 9.48 Å². The molecule has 0 bridgehead atoms. The third-order valence-electron chi connectivity index (χ3n) is 7.65. The molecule has 8 heteroatoms. The van der Waals surface area contributed by atoms with Gasteiger partial charge in [-0.1, -0.05) is 103 Å². The molecule has 212 valence electrons. The zero-order valence-electron chi connectivity index (χ0n) is 22.8. The first-order valence-corrected chi connectivity index (χ1v) is 14.6. The lowest BCUT2D eigenvalue weighted by Gasteiger charge is -2.35. The van der Waals surface area contributed by atoms with Crippen LogP contribution < -0.4 is 11.4 Å². The largest absolute Gasteiger partial charge is 0.394 e. The number of rotatable bonds is 8. The molecule has 4 N–H and O–H groups in total. The lowest BCUT2D eigenvalue weighted by molar-refractivity contribution is -0.0458. The summed E-state index contributed by atoms with van der Waals surface area (Å²) in [4.78, 5) is 17.7. The van der Waals surface area contributed by atoms with Gasteiger partial charge in [-0.3, -0.25) is 4.57 Å². The van der Waals surface area contributed by atoms with E-state index in [0.717, 1.165) is 27.1 Å². The summed E-state index contributed by atoms with van der Waals surface area (Å²) < 4.78 is 6.52. The molecule has 0 amide bonds. The second kappa shape index (κ2) is 12.0. The van der Waals surface area contributed by atoms with Crippen molar-refractivity contribution < 1.29 is 14.9 Å². The van der Waals surface area contributed by atoms with Crippen molar-refractivity contribution in [3.63, 3.8) is 0 Å². The van der Waals surface area contributed by atoms with Crippen LogP contribution in [-0.4, -0.2) is 38.6 Å². The Hall–Kier alpha value is -4.21. The van der Waals surface area contributed by atoms with E-state index < -0.39 is 28.9 Å². The molecule has 7 nitrogen and oxygen atoms in total. The molecule has 0 radical (unpaired) electrons. The number of benzene rings is 4. The van der Waals surface area contributed by atoms with Gasteiger partial charge in [0.15, 0.2) is 0 Å². The summed E-state index contributed by atoms with van der Waals surface area (Å²) in [5.74, 6) is 0.112. The van der Waals surface area contributed by atoms with Crippen molar-refractivity contribution >= 4 is 17.6 Å². The Bertz CT molecular complexity index is 1600. The average Bonchev–Trinajstić information content (AvgIpc) is 3.41. The summed E-state index contributed by atoms with van der Waals surface area (Å²) >= 11 is 1.76. The van der Waals surface area contributed by atoms with Crippen LogP contribution in [0, 0.1) is 0 Å². The number of thioether (sulfide) groups is 1. The van der Waals surface area contributed by atoms with E-state index in [1.807, 2.05) is 30.3 Å². The molecule has 2 heterocycles. The van der Waals surface area contributed by atoms with Crippen molar-refractivity contribution in [2.45, 2.75) is 34.5 Å². The first-order valence-electron chi connectivity index (χ1n) is 13.8. The van der Waals surface area contributed by atoms with E-state index in [1.165, 1.54) is 4.57 Å². The molecule has 0 unspecified atom stereocenters. The zero-order valence-corrected chi connectivity index (χ0v) is 23.6. The maximum absolute atomic E-state index is 12.7. The predicted molar refractivity (Wildman–Crippen MR) is 165 cm³/mol. The summed E-state index contributed by atoms with van der Waals surface area (Å²) in [6.07, 6.45) is -0.574. The Kier molecular flexibility index (Phi) is 7.95. The molecule has 1 saturated heterocycles. The molecule has 42 heavy (non-hydrogen) atoms. The minimum atomic E-state index is -0.872. The number of ether oxygens (including phenoxy) is 1. The van der Waals surface area contributed by atoms with Gasteiger partial charge in [0, 0.05) is 23.1 Å². The summed E-state index contributed by atoms with van der Waals surface area (Å²) in [5.41, 5.74) is 10.5. The van der Waals surface area contributed by atoms with Crippen LogP contribution in [0.1, 0.15) is 29.3 Å². The van der Waals surface area contributed by atoms with Crippen molar-refractivity contribution in [2.75, 3.05) is 12.3 Å². The third kappa shape index (κ3) is 5.26. The highest BCUT2D eigenvalue weighted by Crippen LogP contribution is 2.51. The molecular formula is C34H31N3O4S. The number of nitrogen functional groups attached to an aromatic ring is 1. The highest BCUT2D eigenvalue weighted by molar-refractivity contribution is 8.00. The molecule has 0 saturated carbocycles. The number of aliphatic hydroxyl groups is 2. The zero-order chi connectivity index (χ0) is 29.1. The van der Waals surface area contributed by atoms with E-state index in [9.17, 15) is 15.0 Å². The van der Waals surface area contributed by atoms with E-state index in [0.29, 0.717) is 5.56 Å². The fourth-order valence-corrected chi connectivity index (χ4v) is 6.92. The number of hydrogen-bond acceptors (Lipinski definition) is 7. The molecule has 1 aliphatic rings. The van der Waals surface area contributed by atoms with Crippen LogP contribution in [0.25, 0.3) is 11.1 Å². The molecular weight excluding hydrogens is 546 g/mol. The SMILES string of the molecule is Nc1nc(=O)n([C@H]2C[C@H](O)[C@@H](CO)O2)cc1-c1ccc(SC(c2ccccc2)(c2ccccc2)c2ccccc2)cc1. The number of anilines is 1. The Balaban J connectivity index is 1.39. The second-order valence-electron chi connectivity index (χ2n) is 10.3. The first-order chi connectivity index (χ1) is 20.5. The highest BCUT2D eigenvalue weighted by Gasteiger charge is 2.38. The Labute approximate surface area is 248 Å². The van der Waals surface area contributed by atoms with Gasteiger partial charge in [-0.15, -0.1) is 11.8 Å². The van der Waals surface area contributed by atoms with Crippen molar-refractivity contribution in [3.8, 4) is 11.1 Å². The minimum Gasteiger partial charge on any atom is -0.394 e. The fraction of sp³-hybridized carbons (Fsp3) is 0.176. The van der Waals surface area contributed by atoms with E-state index in [1.54, 1.807) is 18.0 Å². The normalized spacial score (nSPS) is 18.7. The summed E-state index contributed by atoms with van der Waals surface area (Å²) in [7, 11) is 0. The number of aliphatic hydroxyl groups excluding tert-OH is 2. The van der Waals surface area contributed by atoms with Crippen LogP contribution in [0.15, 0.2) is 131 Å². The van der Waals surface area contributed by atoms with Gasteiger partial charge >= 0.3 is 5.69 Å². The van der Waals surface area contributed by atoms with Gasteiger partial charge in [-0.05, 0) is 34.4 Å². The minimum absolute atomic E-state index is 0.112. The first kappa shape index (κ1) is 27.9. The van der Waals surface area contributed by atoms with Crippen LogP contribution in [0.3, 0.4) is 0 Å². The fourth-order valence-electron chi connectivity index (χ4n) is 5.54. The van der Waals surface area contributed by atoms with E-state index in [4.69, 9.17) is 10.5 Å². The average molecular weight is 578 g/mol. The van der Waals surface area contributed by atoms with Gasteiger partial charge in [0.25, 0.3) is 0 Å². The Morgan fingerprint density at radius 2 is 1.38 bits per heavy atom. The van der Waals surface area contributed by atoms with Crippen LogP contribution in [0.5, 0.6) is 0 Å². The van der Waals surface area contributed by atoms with Crippen molar-refractivity contribution in [1.29, 1.82) is 0 Å². The summed E-state index contributed by atoms with van der Waals surface area (Å²) in [6, 6.07) is 39.6. The van der Waals surface area contributed by atoms with Gasteiger partial charge in [-0.2, -0.15) is 4.98 Å². The van der Waals surface area contributed by atoms with E-state index in [-0.39, 0.29) is 18.8 Å². The smallest absolute Gasteiger partial charge is 0.351 e. The predicted octanol–water partition coefficient (Wildman–Crippen LogP) is 5.22. The number of hydrogen-bond donors (Lipinski definition) is 3. The molecule has 1 aliphatic heterocycles. The quantitative estimate of drug-likeness (QED) is 0.171. The molecule has 0 spiro atoms. The van der Waals surface area contributed by atoms with Gasteiger partial charge < -0.3 is 20.7 Å². The van der Waals surface area contributed by atoms with E-state index in [2.05, 4.69) is 89.9 Å². The molecule has 1 aromatic heterocycles. The van der Waals surface area contributed by atoms with Crippen molar-refractivity contribution in [3.05, 3.63) is 149 Å². The van der Waals surface area contributed by atoms with Gasteiger partial charge in [0.05, 0.1) is 17.5 Å². The number of aromatic nitrogens is 2. The van der Waals surface area contributed by atoms with Crippen LogP contribution in [0.2, 0.25) is 0 Å². The maximum Gasteiger partial charge on any atom is 0.351 e. The lowest BCUT2D eigenvalue weighted by Crippen LogP contribution is -2.28. The van der Waals surface area contributed by atoms with Crippen LogP contribution >= 0.6 is 11.8 Å². The molecule has 5 aromatic rings. The topological polar surface area (TPSA) is 111 Å². The lowest BCUT2D eigenvalue weighted by atomic mass is 9.84. The molecule has 1 fully saturated rings. The number of nitrogens with two attached hydrogens (primary N) is 1. The van der Waals surface area contributed by atoms with Crippen molar-refractivity contribution in [2.24, 2.45) is 0 Å². The molecule has 4 aromatic carbocycles. The summed E-state index contributed by atoms with van der Waals surface area (Å²) in [6.45, 7) is -0.336. The maximum atomic E-state index is 12.7. The Morgan fingerprint density at radius 1 is 0.857 bits per heavy atom. The van der Waals surface area contributed by atoms with E-state index >= 15 is 0 Å². The highest BCUT2D eigenvalue weighted by atomic mass is 32.2. The third-order valence-corrected chi connectivity index (χ3v) is 9.17. The molecule has 0 aliphatic carbocycles. The second-order valence-corrected chi connectivity index (χ2v) is 11.5. The standard InChI is InChI=1S/C34H31N3O4S/c35-32-28(21-37(33(40)36-32)31-20-29(39)30(22-38)41-31)23-16-18-27(19-17-23)42-34(24-10-4-1-5-11-24,25-12-6-2-7-13-25)26-14-8-3-9-15-26/h1-19,21,29-31,38-39H,20,22H2,(H2,35,36,40)/t29-,30+,31+/m0/s1.